The van der Waals surface area contributed by atoms with Gasteiger partial charge in [0.15, 0.2) is 0 Å². The number of hydrogen-bond acceptors (Lipinski definition) is 8. The number of halogens is 1. The number of carbonyl (C=O) groups excluding carboxylic acids is 4. The van der Waals surface area contributed by atoms with Crippen LogP contribution in [0.15, 0.2) is 12.1 Å². The third-order valence-electron chi connectivity index (χ3n) is 10.1. The number of carbonyl (C=O) groups is 4. The summed E-state index contributed by atoms with van der Waals surface area (Å²) in [7, 11) is 0. The fraction of sp³-hybridized carbons (Fsp3) is 0.706. The zero-order valence-electron chi connectivity index (χ0n) is 27.4. The SMILES string of the molecule is CC(C)(C)OC(=O)N1CCC(OC2CCC(CN3CCN(c4cc5c(cc4F)C(=O)N(C4CCC(=O)NC4=O)C5)CC3)CC2)CC1. The Balaban J connectivity index is 0.924. The van der Waals surface area contributed by atoms with Gasteiger partial charge in [0.2, 0.25) is 11.8 Å². The molecule has 1 aromatic carbocycles. The summed E-state index contributed by atoms with van der Waals surface area (Å²) in [5.74, 6) is -0.943. The summed E-state index contributed by atoms with van der Waals surface area (Å²) in [5.41, 5.74) is 1.05. The number of imide groups is 1. The van der Waals surface area contributed by atoms with Gasteiger partial charge in [0.1, 0.15) is 17.5 Å². The maximum absolute atomic E-state index is 15.3. The van der Waals surface area contributed by atoms with E-state index in [4.69, 9.17) is 9.47 Å². The summed E-state index contributed by atoms with van der Waals surface area (Å²) in [4.78, 5) is 57.1. The van der Waals surface area contributed by atoms with Crippen molar-refractivity contribution in [3.63, 3.8) is 0 Å². The molecule has 252 valence electrons. The second kappa shape index (κ2) is 13.5. The smallest absolute Gasteiger partial charge is 0.410 e. The Morgan fingerprint density at radius 3 is 2.24 bits per heavy atom. The molecule has 0 spiro atoms. The van der Waals surface area contributed by atoms with E-state index in [0.717, 1.165) is 63.7 Å². The maximum Gasteiger partial charge on any atom is 0.410 e. The monoisotopic (exact) mass is 641 g/mol. The number of amides is 4. The number of anilines is 1. The lowest BCUT2D eigenvalue weighted by molar-refractivity contribution is -0.136. The van der Waals surface area contributed by atoms with Crippen LogP contribution >= 0.6 is 0 Å². The van der Waals surface area contributed by atoms with Gasteiger partial charge in [-0.05, 0) is 89.3 Å². The molecule has 5 aliphatic rings. The Hall–Kier alpha value is -3.25. The van der Waals surface area contributed by atoms with Crippen LogP contribution in [0.2, 0.25) is 0 Å². The van der Waals surface area contributed by atoms with Gasteiger partial charge in [-0.1, -0.05) is 0 Å². The van der Waals surface area contributed by atoms with Gasteiger partial charge < -0.3 is 24.2 Å². The number of benzene rings is 1. The summed E-state index contributed by atoms with van der Waals surface area (Å²) in [6.07, 6.45) is 6.82. The van der Waals surface area contributed by atoms with Crippen LogP contribution in [-0.4, -0.2) is 108 Å². The molecular formula is C34H48FN5O6. The van der Waals surface area contributed by atoms with E-state index in [9.17, 15) is 19.2 Å². The van der Waals surface area contributed by atoms with Crippen LogP contribution in [0, 0.1) is 11.7 Å². The lowest BCUT2D eigenvalue weighted by atomic mass is 9.86. The molecule has 1 aromatic rings. The zero-order valence-corrected chi connectivity index (χ0v) is 27.4. The number of piperazine rings is 1. The van der Waals surface area contributed by atoms with E-state index in [1.807, 2.05) is 20.8 Å². The van der Waals surface area contributed by atoms with Gasteiger partial charge in [0, 0.05) is 64.3 Å². The van der Waals surface area contributed by atoms with Crippen LogP contribution in [0.5, 0.6) is 0 Å². The highest BCUT2D eigenvalue weighted by atomic mass is 19.1. The molecule has 3 saturated heterocycles. The molecular weight excluding hydrogens is 593 g/mol. The summed E-state index contributed by atoms with van der Waals surface area (Å²) in [6.45, 7) is 11.4. The van der Waals surface area contributed by atoms with Crippen LogP contribution < -0.4 is 10.2 Å². The minimum Gasteiger partial charge on any atom is -0.444 e. The molecule has 1 atom stereocenters. The molecule has 0 radical (unpaired) electrons. The number of nitrogens with zero attached hydrogens (tertiary/aromatic N) is 4. The molecule has 1 unspecified atom stereocenters. The number of nitrogens with one attached hydrogen (secondary N) is 1. The van der Waals surface area contributed by atoms with Gasteiger partial charge in [-0.25, -0.2) is 9.18 Å². The van der Waals surface area contributed by atoms with Gasteiger partial charge in [-0.3, -0.25) is 24.6 Å². The van der Waals surface area contributed by atoms with Crippen molar-refractivity contribution in [1.82, 2.24) is 20.0 Å². The van der Waals surface area contributed by atoms with Crippen LogP contribution in [0.25, 0.3) is 0 Å². The van der Waals surface area contributed by atoms with Crippen LogP contribution in [-0.2, 0) is 25.6 Å². The van der Waals surface area contributed by atoms with Crippen LogP contribution in [0.3, 0.4) is 0 Å². The van der Waals surface area contributed by atoms with Crippen LogP contribution in [0.1, 0.15) is 88.1 Å². The quantitative estimate of drug-likeness (QED) is 0.469. The molecule has 4 aliphatic heterocycles. The number of likely N-dealkylation sites (tertiary alicyclic amines) is 1. The highest BCUT2D eigenvalue weighted by Crippen LogP contribution is 2.34. The lowest BCUT2D eigenvalue weighted by Crippen LogP contribution is -2.52. The van der Waals surface area contributed by atoms with Gasteiger partial charge in [0.25, 0.3) is 5.91 Å². The highest BCUT2D eigenvalue weighted by Gasteiger charge is 2.40. The number of fused-ring (bicyclic) bond motifs is 1. The number of rotatable bonds is 6. The van der Waals surface area contributed by atoms with Crippen molar-refractivity contribution >= 4 is 29.5 Å². The predicted octanol–water partition coefficient (Wildman–Crippen LogP) is 3.68. The zero-order chi connectivity index (χ0) is 32.6. The van der Waals surface area contributed by atoms with Crippen molar-refractivity contribution < 1.29 is 33.0 Å². The molecule has 4 fully saturated rings. The average molecular weight is 642 g/mol. The first kappa shape index (κ1) is 32.7. The van der Waals surface area contributed by atoms with E-state index >= 15 is 4.39 Å². The molecule has 0 bridgehead atoms. The third kappa shape index (κ3) is 7.48. The Labute approximate surface area is 270 Å². The van der Waals surface area contributed by atoms with E-state index < -0.39 is 23.4 Å². The van der Waals surface area contributed by atoms with Gasteiger partial charge in [-0.15, -0.1) is 0 Å². The topological polar surface area (TPSA) is 112 Å². The van der Waals surface area contributed by atoms with Gasteiger partial charge >= 0.3 is 6.09 Å². The largest absolute Gasteiger partial charge is 0.444 e. The summed E-state index contributed by atoms with van der Waals surface area (Å²) < 4.78 is 27.3. The predicted molar refractivity (Wildman–Crippen MR) is 169 cm³/mol. The van der Waals surface area contributed by atoms with Crippen molar-refractivity contribution in [2.24, 2.45) is 5.92 Å². The Morgan fingerprint density at radius 1 is 0.913 bits per heavy atom. The molecule has 46 heavy (non-hydrogen) atoms. The summed E-state index contributed by atoms with van der Waals surface area (Å²) in [5, 5.41) is 2.31. The molecule has 12 heteroatoms. The first-order valence-electron chi connectivity index (χ1n) is 17.0. The Kier molecular flexibility index (Phi) is 9.57. The molecule has 4 heterocycles. The fourth-order valence-electron chi connectivity index (χ4n) is 7.58. The minimum atomic E-state index is -0.710. The van der Waals surface area contributed by atoms with E-state index in [1.165, 1.54) is 11.0 Å². The number of ether oxygens (including phenoxy) is 2. The van der Waals surface area contributed by atoms with Crippen molar-refractivity contribution in [2.75, 3.05) is 50.7 Å². The Bertz CT molecular complexity index is 1330. The third-order valence-corrected chi connectivity index (χ3v) is 10.1. The van der Waals surface area contributed by atoms with Crippen molar-refractivity contribution in [3.8, 4) is 0 Å². The van der Waals surface area contributed by atoms with Gasteiger partial charge in [0.05, 0.1) is 17.9 Å². The second-order valence-electron chi connectivity index (χ2n) is 14.6. The van der Waals surface area contributed by atoms with E-state index in [-0.39, 0.29) is 49.5 Å². The number of hydrogen-bond donors (Lipinski definition) is 1. The standard InChI is InChI=1S/C34H48FN5O6/c1-34(2,3)46-33(44)39-12-10-25(11-13-39)45-24-6-4-22(5-7-24)20-37-14-16-38(17-15-37)29-18-23-21-40(32(43)26(23)19-27(29)35)28-8-9-30(41)36-31(28)42/h18-19,22,24-25,28H,4-17,20-21H2,1-3H3,(H,36,41,42). The molecule has 0 aromatic heterocycles. The second-order valence-corrected chi connectivity index (χ2v) is 14.6. The van der Waals surface area contributed by atoms with Gasteiger partial charge in [-0.2, -0.15) is 0 Å². The van der Waals surface area contributed by atoms with Crippen LogP contribution in [0.4, 0.5) is 14.9 Å². The van der Waals surface area contributed by atoms with E-state index in [2.05, 4.69) is 15.1 Å². The normalized spacial score (nSPS) is 26.7. The first-order valence-corrected chi connectivity index (χ1v) is 17.0. The molecule has 1 saturated carbocycles. The lowest BCUT2D eigenvalue weighted by Gasteiger charge is -2.40. The first-order chi connectivity index (χ1) is 21.9. The fourth-order valence-corrected chi connectivity index (χ4v) is 7.58. The van der Waals surface area contributed by atoms with E-state index in [1.54, 1.807) is 11.0 Å². The van der Waals surface area contributed by atoms with E-state index in [0.29, 0.717) is 43.3 Å². The summed E-state index contributed by atoms with van der Waals surface area (Å²) >= 11 is 0. The average Bonchev–Trinajstić information content (AvgIpc) is 3.32. The number of piperidine rings is 2. The molecule has 6 rings (SSSR count). The summed E-state index contributed by atoms with van der Waals surface area (Å²) in [6, 6.07) is 2.38. The molecule has 1 aliphatic carbocycles. The minimum absolute atomic E-state index is 0.188. The molecule has 1 N–H and O–H groups in total. The van der Waals surface area contributed by atoms with Crippen molar-refractivity contribution in [3.05, 3.63) is 29.1 Å². The highest BCUT2D eigenvalue weighted by molar-refractivity contribution is 6.05. The van der Waals surface area contributed by atoms with Crippen molar-refractivity contribution in [1.29, 1.82) is 0 Å². The van der Waals surface area contributed by atoms with Crippen molar-refractivity contribution in [2.45, 2.75) is 103 Å². The molecule has 11 nitrogen and oxygen atoms in total. The maximum atomic E-state index is 15.3. The Morgan fingerprint density at radius 2 is 1.59 bits per heavy atom. The molecule has 4 amide bonds.